The van der Waals surface area contributed by atoms with Gasteiger partial charge in [-0.15, -0.1) is 0 Å². The van der Waals surface area contributed by atoms with Gasteiger partial charge in [0.1, 0.15) is 17.9 Å². The maximum atomic E-state index is 12.1. The molecular weight excluding hydrogens is 364 g/mol. The van der Waals surface area contributed by atoms with Crippen LogP contribution in [0.3, 0.4) is 0 Å². The van der Waals surface area contributed by atoms with Crippen LogP contribution in [-0.2, 0) is 4.79 Å². The number of carboxylic acids is 1. The van der Waals surface area contributed by atoms with Gasteiger partial charge in [0.05, 0.1) is 5.39 Å². The number of carbonyl (C=O) groups is 1. The average molecular weight is 388 g/mol. The van der Waals surface area contributed by atoms with E-state index in [4.69, 9.17) is 19.0 Å². The van der Waals surface area contributed by atoms with E-state index >= 15 is 0 Å². The number of allylic oxidation sites excluding steroid dienone is 3. The van der Waals surface area contributed by atoms with Crippen LogP contribution in [0.1, 0.15) is 33.6 Å². The molecule has 0 radical (unpaired) electrons. The Balaban J connectivity index is 2.16. The largest absolute Gasteiger partial charge is 0.504 e. The van der Waals surface area contributed by atoms with Gasteiger partial charge in [-0.2, -0.15) is 0 Å². The van der Waals surface area contributed by atoms with Crippen LogP contribution in [0.4, 0.5) is 0 Å². The van der Waals surface area contributed by atoms with Gasteiger partial charge in [-0.25, -0.2) is 9.59 Å². The summed E-state index contributed by atoms with van der Waals surface area (Å²) in [6, 6.07) is 4.27. The minimum Gasteiger partial charge on any atom is -0.504 e. The fourth-order valence-electron chi connectivity index (χ4n) is 2.47. The maximum Gasteiger partial charge on any atom is 0.383 e. The van der Waals surface area contributed by atoms with Crippen molar-refractivity contribution < 1.29 is 28.9 Å². The number of fused-ring (bicyclic) bond motifs is 1. The first-order chi connectivity index (χ1) is 13.3. The van der Waals surface area contributed by atoms with Crippen molar-refractivity contribution in [2.45, 2.75) is 33.6 Å². The van der Waals surface area contributed by atoms with Gasteiger partial charge in [0.25, 0.3) is 0 Å². The molecule has 0 aliphatic heterocycles. The van der Waals surface area contributed by atoms with Gasteiger partial charge in [-0.1, -0.05) is 17.2 Å². The first-order valence-corrected chi connectivity index (χ1v) is 8.84. The van der Waals surface area contributed by atoms with Crippen molar-refractivity contribution in [3.8, 4) is 17.2 Å². The van der Waals surface area contributed by atoms with Gasteiger partial charge < -0.3 is 24.1 Å². The summed E-state index contributed by atoms with van der Waals surface area (Å²) in [7, 11) is 0. The molecule has 0 fully saturated rings. The molecule has 1 aromatic carbocycles. The number of rotatable bonds is 9. The van der Waals surface area contributed by atoms with Crippen LogP contribution in [0.2, 0.25) is 0 Å². The highest BCUT2D eigenvalue weighted by molar-refractivity contribution is 5.86. The van der Waals surface area contributed by atoms with Crippen LogP contribution in [-0.4, -0.2) is 29.4 Å². The Morgan fingerprint density at radius 1 is 1.18 bits per heavy atom. The second kappa shape index (κ2) is 9.64. The van der Waals surface area contributed by atoms with Crippen molar-refractivity contribution in [1.82, 2.24) is 0 Å². The van der Waals surface area contributed by atoms with E-state index in [0.29, 0.717) is 0 Å². The zero-order valence-corrected chi connectivity index (χ0v) is 16.2. The van der Waals surface area contributed by atoms with Gasteiger partial charge in [0.2, 0.25) is 5.75 Å². The summed E-state index contributed by atoms with van der Waals surface area (Å²) in [4.78, 5) is 22.7. The molecule has 7 nitrogen and oxygen atoms in total. The SMILES string of the molecule is CC(C)=CCC/C(C)=C/COc1c(O)c2cc(OCC(=O)O)ccc2oc1=O. The van der Waals surface area contributed by atoms with Crippen LogP contribution >= 0.6 is 0 Å². The molecule has 0 saturated heterocycles. The van der Waals surface area contributed by atoms with E-state index in [1.54, 1.807) is 0 Å². The molecule has 7 heteroatoms. The molecule has 0 aliphatic carbocycles. The van der Waals surface area contributed by atoms with E-state index < -0.39 is 18.2 Å². The lowest BCUT2D eigenvalue weighted by Crippen LogP contribution is -2.10. The molecule has 0 aliphatic rings. The molecule has 150 valence electrons. The zero-order chi connectivity index (χ0) is 20.7. The molecule has 2 rings (SSSR count). The van der Waals surface area contributed by atoms with E-state index in [9.17, 15) is 14.7 Å². The first kappa shape index (κ1) is 21.1. The summed E-state index contributed by atoms with van der Waals surface area (Å²) in [6.07, 6.45) is 5.78. The molecule has 0 atom stereocenters. The Morgan fingerprint density at radius 3 is 2.61 bits per heavy atom. The highest BCUT2D eigenvalue weighted by atomic mass is 16.5. The topological polar surface area (TPSA) is 106 Å². The Labute approximate surface area is 162 Å². The van der Waals surface area contributed by atoms with Crippen molar-refractivity contribution in [2.75, 3.05) is 13.2 Å². The molecule has 0 unspecified atom stereocenters. The summed E-state index contributed by atoms with van der Waals surface area (Å²) in [5, 5.41) is 19.3. The number of benzene rings is 1. The van der Waals surface area contributed by atoms with Gasteiger partial charge in [0, 0.05) is 0 Å². The molecule has 2 aromatic rings. The van der Waals surface area contributed by atoms with Gasteiger partial charge in [-0.05, 0) is 57.9 Å². The molecule has 1 heterocycles. The third-order valence-corrected chi connectivity index (χ3v) is 3.92. The lowest BCUT2D eigenvalue weighted by Gasteiger charge is -2.09. The van der Waals surface area contributed by atoms with Crippen molar-refractivity contribution in [2.24, 2.45) is 0 Å². The summed E-state index contributed by atoms with van der Waals surface area (Å²) in [6.45, 7) is 5.64. The predicted molar refractivity (Wildman–Crippen MR) is 105 cm³/mol. The minimum absolute atomic E-state index is 0.111. The number of ether oxygens (including phenoxy) is 2. The van der Waals surface area contributed by atoms with Crippen LogP contribution in [0.5, 0.6) is 17.2 Å². The number of hydrogen-bond acceptors (Lipinski definition) is 6. The lowest BCUT2D eigenvalue weighted by atomic mass is 10.1. The van der Waals surface area contributed by atoms with Gasteiger partial charge in [-0.3, -0.25) is 0 Å². The first-order valence-electron chi connectivity index (χ1n) is 8.84. The lowest BCUT2D eigenvalue weighted by molar-refractivity contribution is -0.139. The van der Waals surface area contributed by atoms with Crippen molar-refractivity contribution in [1.29, 1.82) is 0 Å². The molecule has 0 bridgehead atoms. The standard InChI is InChI=1S/C21H24O7/c1-13(2)5-4-6-14(3)9-10-26-20-19(24)16-11-15(27-12-18(22)23)7-8-17(16)28-21(20)25/h5,7-9,11,24H,4,6,10,12H2,1-3H3,(H,22,23)/b14-9+. The molecular formula is C21H24O7. The molecule has 2 N–H and O–H groups in total. The monoisotopic (exact) mass is 388 g/mol. The quantitative estimate of drug-likeness (QED) is 0.493. The number of aromatic hydroxyl groups is 1. The van der Waals surface area contributed by atoms with Crippen LogP contribution in [0.15, 0.2) is 50.7 Å². The third kappa shape index (κ3) is 5.90. The second-order valence-corrected chi connectivity index (χ2v) is 6.59. The molecule has 0 saturated carbocycles. The summed E-state index contributed by atoms with van der Waals surface area (Å²) in [5.74, 6) is -1.57. The van der Waals surface area contributed by atoms with Crippen molar-refractivity contribution >= 4 is 16.9 Å². The third-order valence-electron chi connectivity index (χ3n) is 3.92. The number of aliphatic carboxylic acids is 1. The Morgan fingerprint density at radius 2 is 1.93 bits per heavy atom. The van der Waals surface area contributed by atoms with Gasteiger partial charge >= 0.3 is 11.6 Å². The Hall–Kier alpha value is -3.22. The molecule has 1 aromatic heterocycles. The molecule has 28 heavy (non-hydrogen) atoms. The highest BCUT2D eigenvalue weighted by Crippen LogP contribution is 2.33. The summed E-state index contributed by atoms with van der Waals surface area (Å²) in [5.41, 5.74) is 1.71. The van der Waals surface area contributed by atoms with Crippen LogP contribution in [0.25, 0.3) is 11.0 Å². The predicted octanol–water partition coefficient (Wildman–Crippen LogP) is 4.03. The van der Waals surface area contributed by atoms with E-state index in [1.807, 2.05) is 26.8 Å². The Bertz CT molecular complexity index is 963. The van der Waals surface area contributed by atoms with Gasteiger partial charge in [0.15, 0.2) is 12.4 Å². The van der Waals surface area contributed by atoms with E-state index in [2.05, 4.69) is 6.08 Å². The van der Waals surface area contributed by atoms with E-state index in [-0.39, 0.29) is 34.8 Å². The van der Waals surface area contributed by atoms with Crippen molar-refractivity contribution in [3.63, 3.8) is 0 Å². The molecule has 0 amide bonds. The minimum atomic E-state index is -1.13. The highest BCUT2D eigenvalue weighted by Gasteiger charge is 2.16. The smallest absolute Gasteiger partial charge is 0.383 e. The summed E-state index contributed by atoms with van der Waals surface area (Å²) >= 11 is 0. The van der Waals surface area contributed by atoms with E-state index in [0.717, 1.165) is 18.4 Å². The fraction of sp³-hybridized carbons (Fsp3) is 0.333. The zero-order valence-electron chi connectivity index (χ0n) is 16.2. The second-order valence-electron chi connectivity index (χ2n) is 6.59. The normalized spacial score (nSPS) is 11.3. The molecule has 0 spiro atoms. The van der Waals surface area contributed by atoms with E-state index in [1.165, 1.54) is 23.8 Å². The number of carboxylic acid groups (broad SMARTS) is 1. The fourth-order valence-corrected chi connectivity index (χ4v) is 2.47. The van der Waals surface area contributed by atoms with Crippen molar-refractivity contribution in [3.05, 3.63) is 51.9 Å². The average Bonchev–Trinajstić information content (AvgIpc) is 2.62. The Kier molecular flexibility index (Phi) is 7.26. The maximum absolute atomic E-state index is 12.1. The summed E-state index contributed by atoms with van der Waals surface area (Å²) < 4.78 is 15.7. The van der Waals surface area contributed by atoms with Crippen LogP contribution in [0, 0.1) is 0 Å². The number of hydrogen-bond donors (Lipinski definition) is 2. The van der Waals surface area contributed by atoms with Crippen LogP contribution < -0.4 is 15.1 Å².